The summed E-state index contributed by atoms with van der Waals surface area (Å²) in [6.07, 6.45) is 7.52. The topological polar surface area (TPSA) is 29.4 Å². The third-order valence-electron chi connectivity index (χ3n) is 1.77. The Morgan fingerprint density at radius 1 is 1.23 bits per heavy atom. The highest BCUT2D eigenvalue weighted by Gasteiger charge is 1.92. The molecule has 76 valence electrons. The first kappa shape index (κ1) is 12.9. The zero-order chi connectivity index (χ0) is 9.94. The number of rotatable bonds is 8. The van der Waals surface area contributed by atoms with Crippen LogP contribution in [-0.2, 0) is 10.8 Å². The number of hydrogen-bond acceptors (Lipinski definition) is 3. The molecule has 0 radical (unpaired) electrons. The van der Waals surface area contributed by atoms with Crippen molar-refractivity contribution in [2.24, 2.45) is 4.99 Å². The molecule has 2 nitrogen and oxygen atoms in total. The van der Waals surface area contributed by atoms with Crippen LogP contribution in [0.25, 0.3) is 0 Å². The molecule has 13 heavy (non-hydrogen) atoms. The van der Waals surface area contributed by atoms with Gasteiger partial charge in [0.25, 0.3) is 0 Å². The second-order valence-corrected chi connectivity index (χ2v) is 4.76. The summed E-state index contributed by atoms with van der Waals surface area (Å²) >= 11 is 4.45. The second-order valence-electron chi connectivity index (χ2n) is 3.02. The van der Waals surface area contributed by atoms with E-state index in [2.05, 4.69) is 22.4 Å². The summed E-state index contributed by atoms with van der Waals surface area (Å²) in [6, 6.07) is 0. The van der Waals surface area contributed by atoms with Gasteiger partial charge in [-0.2, -0.15) is 0 Å². The zero-order valence-electron chi connectivity index (χ0n) is 8.12. The Hall–Kier alpha value is -0.0500. The minimum atomic E-state index is -0.618. The maximum atomic E-state index is 10.7. The summed E-state index contributed by atoms with van der Waals surface area (Å²) in [4.78, 5) is 3.83. The Balaban J connectivity index is 2.99. The van der Waals surface area contributed by atoms with E-state index in [1.807, 2.05) is 0 Å². The summed E-state index contributed by atoms with van der Waals surface area (Å²) in [7, 11) is -0.618. The zero-order valence-corrected chi connectivity index (χ0v) is 9.75. The SMILES string of the molecule is C[S@](=O)CCCCCCCN=C=S. The minimum Gasteiger partial charge on any atom is -0.260 e. The van der Waals surface area contributed by atoms with E-state index in [4.69, 9.17) is 0 Å². The van der Waals surface area contributed by atoms with Crippen LogP contribution in [0.5, 0.6) is 0 Å². The van der Waals surface area contributed by atoms with Gasteiger partial charge in [-0.3, -0.25) is 4.21 Å². The minimum absolute atomic E-state index is 0.618. The van der Waals surface area contributed by atoms with Gasteiger partial charge >= 0.3 is 0 Å². The quantitative estimate of drug-likeness (QED) is 0.356. The van der Waals surface area contributed by atoms with Crippen molar-refractivity contribution in [1.29, 1.82) is 0 Å². The largest absolute Gasteiger partial charge is 0.260 e. The smallest absolute Gasteiger partial charge is 0.0584 e. The Morgan fingerprint density at radius 2 is 1.85 bits per heavy atom. The molecule has 0 aliphatic heterocycles. The number of nitrogens with zero attached hydrogens (tertiary/aromatic N) is 1. The molecule has 0 aliphatic rings. The molecule has 0 amide bonds. The Morgan fingerprint density at radius 3 is 2.46 bits per heavy atom. The van der Waals surface area contributed by atoms with E-state index in [0.29, 0.717) is 0 Å². The standard InChI is InChI=1S/C9H17NOS2/c1-13(11)8-6-4-2-3-5-7-10-9-12/h2-8H2,1H3/t13-/m0/s1. The lowest BCUT2D eigenvalue weighted by molar-refractivity contribution is 0.635. The van der Waals surface area contributed by atoms with Gasteiger partial charge in [0.15, 0.2) is 0 Å². The predicted octanol–water partition coefficient (Wildman–Crippen LogP) is 2.42. The fourth-order valence-electron chi connectivity index (χ4n) is 1.07. The molecule has 0 aromatic rings. The molecule has 0 spiro atoms. The number of aliphatic imine (C=N–C) groups is 1. The van der Waals surface area contributed by atoms with E-state index in [1.165, 1.54) is 19.3 Å². The van der Waals surface area contributed by atoms with E-state index >= 15 is 0 Å². The van der Waals surface area contributed by atoms with Crippen LogP contribution in [0.2, 0.25) is 0 Å². The second kappa shape index (κ2) is 10.0. The van der Waals surface area contributed by atoms with Crippen molar-refractivity contribution >= 4 is 28.2 Å². The average molecular weight is 219 g/mol. The van der Waals surface area contributed by atoms with E-state index in [-0.39, 0.29) is 0 Å². The third-order valence-corrected chi connectivity index (χ3v) is 2.76. The summed E-state index contributed by atoms with van der Waals surface area (Å²) in [5.41, 5.74) is 0. The van der Waals surface area contributed by atoms with E-state index in [1.54, 1.807) is 6.26 Å². The van der Waals surface area contributed by atoms with Gasteiger partial charge in [-0.1, -0.05) is 19.3 Å². The van der Waals surface area contributed by atoms with Crippen molar-refractivity contribution in [3.63, 3.8) is 0 Å². The van der Waals surface area contributed by atoms with Crippen LogP contribution in [0.15, 0.2) is 4.99 Å². The molecule has 0 bridgehead atoms. The summed E-state index contributed by atoms with van der Waals surface area (Å²) in [5.74, 6) is 0.845. The van der Waals surface area contributed by atoms with Crippen LogP contribution >= 0.6 is 12.2 Å². The molecule has 0 fully saturated rings. The fourth-order valence-corrected chi connectivity index (χ4v) is 1.77. The van der Waals surface area contributed by atoms with E-state index in [9.17, 15) is 4.21 Å². The first-order valence-electron chi connectivity index (χ1n) is 4.61. The maximum Gasteiger partial charge on any atom is 0.0584 e. The molecule has 0 unspecified atom stereocenters. The van der Waals surface area contributed by atoms with Crippen molar-refractivity contribution in [2.45, 2.75) is 32.1 Å². The first-order chi connectivity index (χ1) is 6.27. The van der Waals surface area contributed by atoms with Gasteiger partial charge in [-0.05, 0) is 25.1 Å². The van der Waals surface area contributed by atoms with Crippen LogP contribution in [0.3, 0.4) is 0 Å². The Kier molecular flexibility index (Phi) is 10.00. The van der Waals surface area contributed by atoms with Crippen LogP contribution in [0, 0.1) is 0 Å². The number of isothiocyanates is 1. The van der Waals surface area contributed by atoms with Crippen LogP contribution < -0.4 is 0 Å². The van der Waals surface area contributed by atoms with Crippen molar-refractivity contribution in [3.05, 3.63) is 0 Å². The number of thiocarbonyl (C=S) groups is 1. The van der Waals surface area contributed by atoms with Crippen molar-refractivity contribution in [2.75, 3.05) is 18.6 Å². The molecule has 0 saturated heterocycles. The van der Waals surface area contributed by atoms with Crippen molar-refractivity contribution in [3.8, 4) is 0 Å². The lowest BCUT2D eigenvalue weighted by Gasteiger charge is -1.98. The molecule has 0 aromatic carbocycles. The van der Waals surface area contributed by atoms with E-state index < -0.39 is 10.8 Å². The van der Waals surface area contributed by atoms with Gasteiger partial charge in [0.2, 0.25) is 0 Å². The molecule has 4 heteroatoms. The average Bonchev–Trinajstić information content (AvgIpc) is 2.09. The maximum absolute atomic E-state index is 10.7. The van der Waals surface area contributed by atoms with E-state index in [0.717, 1.165) is 25.1 Å². The first-order valence-corrected chi connectivity index (χ1v) is 6.74. The highest BCUT2D eigenvalue weighted by Crippen LogP contribution is 2.03. The van der Waals surface area contributed by atoms with Gasteiger partial charge in [-0.25, -0.2) is 4.99 Å². The monoisotopic (exact) mass is 219 g/mol. The molecule has 0 rings (SSSR count). The molecule has 0 N–H and O–H groups in total. The highest BCUT2D eigenvalue weighted by atomic mass is 32.2. The molecular weight excluding hydrogens is 202 g/mol. The lowest BCUT2D eigenvalue weighted by Crippen LogP contribution is -1.93. The fraction of sp³-hybridized carbons (Fsp3) is 0.889. The van der Waals surface area contributed by atoms with Crippen molar-refractivity contribution < 1.29 is 4.21 Å². The summed E-state index contributed by atoms with van der Waals surface area (Å²) in [6.45, 7) is 0.809. The number of unbranched alkanes of at least 4 members (excludes halogenated alkanes) is 4. The van der Waals surface area contributed by atoms with Gasteiger partial charge in [0, 0.05) is 29.4 Å². The van der Waals surface area contributed by atoms with Crippen LogP contribution in [0.1, 0.15) is 32.1 Å². The van der Waals surface area contributed by atoms with Crippen LogP contribution in [0.4, 0.5) is 0 Å². The van der Waals surface area contributed by atoms with Gasteiger partial charge < -0.3 is 0 Å². The molecule has 0 saturated carbocycles. The molecule has 0 heterocycles. The molecule has 0 aliphatic carbocycles. The van der Waals surface area contributed by atoms with Crippen LogP contribution in [-0.4, -0.2) is 27.9 Å². The predicted molar refractivity (Wildman–Crippen MR) is 61.9 cm³/mol. The summed E-state index contributed by atoms with van der Waals surface area (Å²) < 4.78 is 10.7. The number of hydrogen-bond donors (Lipinski definition) is 0. The molecular formula is C9H17NOS2. The lowest BCUT2D eigenvalue weighted by atomic mass is 10.1. The summed E-state index contributed by atoms with van der Waals surface area (Å²) in [5, 5.41) is 2.35. The Bertz CT molecular complexity index is 182. The normalized spacial score (nSPS) is 12.1. The van der Waals surface area contributed by atoms with Gasteiger partial charge in [0.1, 0.15) is 0 Å². The third kappa shape index (κ3) is 12.0. The highest BCUT2D eigenvalue weighted by molar-refractivity contribution is 7.84. The molecule has 1 atom stereocenters. The Labute approximate surface area is 88.3 Å². The molecule has 0 aromatic heterocycles. The van der Waals surface area contributed by atoms with Gasteiger partial charge in [-0.15, -0.1) is 0 Å². The van der Waals surface area contributed by atoms with Gasteiger partial charge in [0.05, 0.1) is 5.16 Å². The van der Waals surface area contributed by atoms with Crippen molar-refractivity contribution in [1.82, 2.24) is 0 Å².